The highest BCUT2D eigenvalue weighted by Gasteiger charge is 2.42. The minimum absolute atomic E-state index is 0.0511. The van der Waals surface area contributed by atoms with Crippen molar-refractivity contribution in [3.05, 3.63) is 24.3 Å². The number of para-hydroxylation sites is 2. The molecule has 1 aliphatic heterocycles. The summed E-state index contributed by atoms with van der Waals surface area (Å²) in [7, 11) is 0. The molecule has 118 valence electrons. The number of rotatable bonds is 3. The van der Waals surface area contributed by atoms with Gasteiger partial charge in [0.2, 0.25) is 6.10 Å². The smallest absolute Gasteiger partial charge is 0.264 e. The molecule has 1 aromatic rings. The van der Waals surface area contributed by atoms with Crippen molar-refractivity contribution < 1.29 is 14.3 Å². The SMILES string of the molecule is C[C@H](NC(=O)[C@@H]1COc2ccccc2O1)[C@H]1C[C@H]2CC[C@H]1C2. The molecule has 0 spiro atoms. The Labute approximate surface area is 131 Å². The second-order valence-electron chi connectivity index (χ2n) is 7.00. The van der Waals surface area contributed by atoms with Gasteiger partial charge >= 0.3 is 0 Å². The van der Waals surface area contributed by atoms with Crippen molar-refractivity contribution in [2.75, 3.05) is 6.61 Å². The first-order valence-corrected chi connectivity index (χ1v) is 8.39. The molecule has 5 atom stereocenters. The fourth-order valence-electron chi connectivity index (χ4n) is 4.48. The summed E-state index contributed by atoms with van der Waals surface area (Å²) in [6, 6.07) is 7.72. The minimum atomic E-state index is -0.545. The van der Waals surface area contributed by atoms with Gasteiger partial charge in [0.1, 0.15) is 6.61 Å². The number of ether oxygens (including phenoxy) is 2. The molecule has 2 saturated carbocycles. The van der Waals surface area contributed by atoms with Crippen LogP contribution in [0.4, 0.5) is 0 Å². The van der Waals surface area contributed by atoms with E-state index in [4.69, 9.17) is 9.47 Å². The van der Waals surface area contributed by atoms with Crippen molar-refractivity contribution >= 4 is 5.91 Å². The van der Waals surface area contributed by atoms with E-state index in [1.54, 1.807) is 0 Å². The molecular weight excluding hydrogens is 278 g/mol. The van der Waals surface area contributed by atoms with Crippen LogP contribution in [0.15, 0.2) is 24.3 Å². The molecule has 1 N–H and O–H groups in total. The van der Waals surface area contributed by atoms with Gasteiger partial charge in [0.05, 0.1) is 0 Å². The molecular formula is C18H23NO3. The first-order chi connectivity index (χ1) is 10.7. The third kappa shape index (κ3) is 2.44. The average Bonchev–Trinajstić information content (AvgIpc) is 3.17. The fourth-order valence-corrected chi connectivity index (χ4v) is 4.48. The molecule has 0 unspecified atom stereocenters. The van der Waals surface area contributed by atoms with Gasteiger partial charge in [0.25, 0.3) is 5.91 Å². The lowest BCUT2D eigenvalue weighted by Crippen LogP contribution is -2.49. The van der Waals surface area contributed by atoms with Gasteiger partial charge in [-0.15, -0.1) is 0 Å². The van der Waals surface area contributed by atoms with Crippen molar-refractivity contribution in [2.24, 2.45) is 17.8 Å². The maximum Gasteiger partial charge on any atom is 0.264 e. The van der Waals surface area contributed by atoms with Crippen LogP contribution in [0.3, 0.4) is 0 Å². The lowest BCUT2D eigenvalue weighted by Gasteiger charge is -2.31. The van der Waals surface area contributed by atoms with E-state index in [-0.39, 0.29) is 18.6 Å². The zero-order chi connectivity index (χ0) is 15.1. The molecule has 4 heteroatoms. The maximum atomic E-state index is 12.5. The van der Waals surface area contributed by atoms with Gasteiger partial charge in [0, 0.05) is 6.04 Å². The number of fused-ring (bicyclic) bond motifs is 3. The van der Waals surface area contributed by atoms with Crippen LogP contribution >= 0.6 is 0 Å². The highest BCUT2D eigenvalue weighted by Crippen LogP contribution is 2.49. The lowest BCUT2D eigenvalue weighted by molar-refractivity contribution is -0.131. The third-order valence-electron chi connectivity index (χ3n) is 5.61. The van der Waals surface area contributed by atoms with E-state index in [9.17, 15) is 4.79 Å². The van der Waals surface area contributed by atoms with Gasteiger partial charge in [-0.25, -0.2) is 0 Å². The molecule has 2 bridgehead atoms. The second kappa shape index (κ2) is 5.49. The van der Waals surface area contributed by atoms with Crippen LogP contribution < -0.4 is 14.8 Å². The van der Waals surface area contributed by atoms with Gasteiger partial charge in [-0.05, 0) is 56.1 Å². The van der Waals surface area contributed by atoms with E-state index in [2.05, 4.69) is 12.2 Å². The Hall–Kier alpha value is -1.71. The predicted octanol–water partition coefficient (Wildman–Crippen LogP) is 2.77. The summed E-state index contributed by atoms with van der Waals surface area (Å²) in [4.78, 5) is 12.5. The Morgan fingerprint density at radius 3 is 2.77 bits per heavy atom. The zero-order valence-corrected chi connectivity index (χ0v) is 13.0. The van der Waals surface area contributed by atoms with E-state index in [0.717, 1.165) is 11.8 Å². The van der Waals surface area contributed by atoms with Gasteiger partial charge in [0.15, 0.2) is 11.5 Å². The highest BCUT2D eigenvalue weighted by molar-refractivity contribution is 5.82. The number of hydrogen-bond donors (Lipinski definition) is 1. The molecule has 1 aromatic carbocycles. The number of nitrogens with one attached hydrogen (secondary N) is 1. The van der Waals surface area contributed by atoms with Crippen molar-refractivity contribution in [1.82, 2.24) is 5.32 Å². The van der Waals surface area contributed by atoms with Crippen LogP contribution in [0.5, 0.6) is 11.5 Å². The topological polar surface area (TPSA) is 47.6 Å². The molecule has 22 heavy (non-hydrogen) atoms. The molecule has 1 amide bonds. The Kier molecular flexibility index (Phi) is 3.47. The number of hydrogen-bond acceptors (Lipinski definition) is 3. The largest absolute Gasteiger partial charge is 0.485 e. The van der Waals surface area contributed by atoms with Crippen LogP contribution in [0.2, 0.25) is 0 Å². The molecule has 0 aromatic heterocycles. The summed E-state index contributed by atoms with van der Waals surface area (Å²) >= 11 is 0. The van der Waals surface area contributed by atoms with E-state index in [1.165, 1.54) is 25.7 Å². The summed E-state index contributed by atoms with van der Waals surface area (Å²) < 4.78 is 11.4. The Morgan fingerprint density at radius 2 is 2.05 bits per heavy atom. The standard InChI is InChI=1S/C18H23NO3/c1-11(14-9-12-6-7-13(14)8-12)19-18(20)17-10-21-15-4-2-3-5-16(15)22-17/h2-5,11-14,17H,6-10H2,1H3,(H,19,20)/t11-,12-,13-,14+,17-/m0/s1. The van der Waals surface area contributed by atoms with E-state index in [0.29, 0.717) is 17.4 Å². The number of carbonyl (C=O) groups excluding carboxylic acids is 1. The monoisotopic (exact) mass is 301 g/mol. The first-order valence-electron chi connectivity index (χ1n) is 8.39. The molecule has 4 rings (SSSR count). The van der Waals surface area contributed by atoms with Crippen molar-refractivity contribution in [1.29, 1.82) is 0 Å². The van der Waals surface area contributed by atoms with E-state index < -0.39 is 6.10 Å². The minimum Gasteiger partial charge on any atom is -0.485 e. The van der Waals surface area contributed by atoms with E-state index in [1.807, 2.05) is 24.3 Å². The average molecular weight is 301 g/mol. The molecule has 0 radical (unpaired) electrons. The Balaban J connectivity index is 1.37. The van der Waals surface area contributed by atoms with Crippen molar-refractivity contribution in [3.63, 3.8) is 0 Å². The lowest BCUT2D eigenvalue weighted by atomic mass is 9.84. The zero-order valence-electron chi connectivity index (χ0n) is 13.0. The highest BCUT2D eigenvalue weighted by atomic mass is 16.6. The molecule has 4 nitrogen and oxygen atoms in total. The first kappa shape index (κ1) is 13.9. The van der Waals surface area contributed by atoms with Gasteiger partial charge in [-0.3, -0.25) is 4.79 Å². The number of amides is 1. The van der Waals surface area contributed by atoms with Crippen LogP contribution in [0.25, 0.3) is 0 Å². The van der Waals surface area contributed by atoms with Crippen LogP contribution in [0.1, 0.15) is 32.6 Å². The Morgan fingerprint density at radius 1 is 1.23 bits per heavy atom. The molecule has 2 aliphatic carbocycles. The maximum absolute atomic E-state index is 12.5. The van der Waals surface area contributed by atoms with Gasteiger partial charge in [-0.1, -0.05) is 18.6 Å². The quantitative estimate of drug-likeness (QED) is 0.934. The third-order valence-corrected chi connectivity index (χ3v) is 5.61. The molecule has 1 heterocycles. The summed E-state index contributed by atoms with van der Waals surface area (Å²) in [6.07, 6.45) is 4.82. The van der Waals surface area contributed by atoms with Gasteiger partial charge in [-0.2, -0.15) is 0 Å². The van der Waals surface area contributed by atoms with Crippen molar-refractivity contribution in [2.45, 2.75) is 44.8 Å². The van der Waals surface area contributed by atoms with Gasteiger partial charge < -0.3 is 14.8 Å². The summed E-state index contributed by atoms with van der Waals surface area (Å²) in [5, 5.41) is 3.16. The number of carbonyl (C=O) groups is 1. The number of benzene rings is 1. The summed E-state index contributed by atoms with van der Waals surface area (Å²) in [6.45, 7) is 2.42. The molecule has 0 saturated heterocycles. The second-order valence-corrected chi connectivity index (χ2v) is 7.00. The van der Waals surface area contributed by atoms with Crippen LogP contribution in [-0.2, 0) is 4.79 Å². The van der Waals surface area contributed by atoms with E-state index >= 15 is 0 Å². The molecule has 2 fully saturated rings. The van der Waals surface area contributed by atoms with Crippen molar-refractivity contribution in [3.8, 4) is 11.5 Å². The molecule has 3 aliphatic rings. The summed E-state index contributed by atoms with van der Waals surface area (Å²) in [5.74, 6) is 3.67. The summed E-state index contributed by atoms with van der Waals surface area (Å²) in [5.41, 5.74) is 0. The fraction of sp³-hybridized carbons (Fsp3) is 0.611. The van der Waals surface area contributed by atoms with Crippen LogP contribution in [-0.4, -0.2) is 24.7 Å². The van der Waals surface area contributed by atoms with Crippen LogP contribution in [0, 0.1) is 17.8 Å². The predicted molar refractivity (Wildman–Crippen MR) is 82.9 cm³/mol. The normalized spacial score (nSPS) is 33.5. The Bertz CT molecular complexity index is 573.